The lowest BCUT2D eigenvalue weighted by Crippen LogP contribution is -2.50. The van der Waals surface area contributed by atoms with Crippen LogP contribution in [-0.2, 0) is 23.1 Å². The van der Waals surface area contributed by atoms with E-state index in [-0.39, 0.29) is 5.91 Å². The number of carbonyl (C=O) groups excluding carboxylic acids is 1. The molecule has 1 aromatic rings. The van der Waals surface area contributed by atoms with E-state index in [1.165, 1.54) is 0 Å². The van der Waals surface area contributed by atoms with Crippen LogP contribution < -0.4 is 0 Å². The van der Waals surface area contributed by atoms with E-state index in [4.69, 9.17) is 4.74 Å². The van der Waals surface area contributed by atoms with Crippen LogP contribution in [0, 0.1) is 0 Å². The van der Waals surface area contributed by atoms with Crippen molar-refractivity contribution in [3.8, 4) is 0 Å². The molecule has 1 aliphatic rings. The summed E-state index contributed by atoms with van der Waals surface area (Å²) in [6, 6.07) is 1.99. The molecular weight excluding hydrogens is 232 g/mol. The first-order chi connectivity index (χ1) is 8.69. The van der Waals surface area contributed by atoms with E-state index < -0.39 is 0 Å². The highest BCUT2D eigenvalue weighted by Gasteiger charge is 2.23. The van der Waals surface area contributed by atoms with Crippen molar-refractivity contribution < 1.29 is 9.53 Å². The van der Waals surface area contributed by atoms with Gasteiger partial charge in [-0.15, -0.1) is 0 Å². The fourth-order valence-electron chi connectivity index (χ4n) is 2.11. The van der Waals surface area contributed by atoms with E-state index in [1.54, 1.807) is 11.8 Å². The van der Waals surface area contributed by atoms with Crippen LogP contribution in [0.2, 0.25) is 0 Å². The SMILES string of the molecule is COCCN1CCN(Cc2ccn(C)n2)CC1=O. The predicted octanol–water partition coefficient (Wildman–Crippen LogP) is -0.289. The number of carbonyl (C=O) groups is 1. The number of aromatic nitrogens is 2. The summed E-state index contributed by atoms with van der Waals surface area (Å²) in [6.07, 6.45) is 1.92. The number of hydrogen-bond donors (Lipinski definition) is 0. The summed E-state index contributed by atoms with van der Waals surface area (Å²) in [5.74, 6) is 0.175. The molecule has 1 saturated heterocycles. The molecule has 0 atom stereocenters. The molecule has 0 aromatic carbocycles. The zero-order chi connectivity index (χ0) is 13.0. The second-order valence-electron chi connectivity index (χ2n) is 4.56. The molecule has 0 N–H and O–H groups in total. The van der Waals surface area contributed by atoms with E-state index in [1.807, 2.05) is 24.2 Å². The Bertz CT molecular complexity index is 405. The van der Waals surface area contributed by atoms with Gasteiger partial charge >= 0.3 is 0 Å². The predicted molar refractivity (Wildman–Crippen MR) is 66.9 cm³/mol. The molecule has 100 valence electrons. The first-order valence-electron chi connectivity index (χ1n) is 6.16. The van der Waals surface area contributed by atoms with Crippen molar-refractivity contribution in [2.45, 2.75) is 6.54 Å². The maximum absolute atomic E-state index is 11.9. The second kappa shape index (κ2) is 5.97. The Morgan fingerprint density at radius 1 is 1.44 bits per heavy atom. The van der Waals surface area contributed by atoms with Crippen LogP contribution >= 0.6 is 0 Å². The molecule has 0 unspecified atom stereocenters. The van der Waals surface area contributed by atoms with E-state index >= 15 is 0 Å². The maximum Gasteiger partial charge on any atom is 0.236 e. The Kier molecular flexibility index (Phi) is 4.33. The molecule has 1 aromatic heterocycles. The number of amides is 1. The fraction of sp³-hybridized carbons (Fsp3) is 0.667. The van der Waals surface area contributed by atoms with Gasteiger partial charge in [-0.1, -0.05) is 0 Å². The first-order valence-corrected chi connectivity index (χ1v) is 6.16. The Balaban J connectivity index is 1.82. The van der Waals surface area contributed by atoms with Gasteiger partial charge in [0.25, 0.3) is 0 Å². The van der Waals surface area contributed by atoms with Crippen LogP contribution in [0.15, 0.2) is 12.3 Å². The van der Waals surface area contributed by atoms with E-state index in [9.17, 15) is 4.79 Å². The Morgan fingerprint density at radius 2 is 2.28 bits per heavy atom. The fourth-order valence-corrected chi connectivity index (χ4v) is 2.11. The van der Waals surface area contributed by atoms with Gasteiger partial charge in [-0.3, -0.25) is 14.4 Å². The van der Waals surface area contributed by atoms with Gasteiger partial charge in [0.05, 0.1) is 18.8 Å². The minimum Gasteiger partial charge on any atom is -0.383 e. The topological polar surface area (TPSA) is 50.6 Å². The first kappa shape index (κ1) is 13.0. The number of nitrogens with zero attached hydrogens (tertiary/aromatic N) is 4. The Hall–Kier alpha value is -1.40. The number of piperazine rings is 1. The normalized spacial score (nSPS) is 17.4. The molecule has 0 spiro atoms. The third-order valence-electron chi connectivity index (χ3n) is 3.12. The lowest BCUT2D eigenvalue weighted by molar-refractivity contribution is -0.136. The molecule has 2 heterocycles. The van der Waals surface area contributed by atoms with Crippen molar-refractivity contribution in [1.29, 1.82) is 0 Å². The smallest absolute Gasteiger partial charge is 0.236 e. The van der Waals surface area contributed by atoms with E-state index in [2.05, 4.69) is 10.00 Å². The molecule has 6 heteroatoms. The number of ether oxygens (including phenoxy) is 1. The van der Waals surface area contributed by atoms with E-state index in [0.29, 0.717) is 19.7 Å². The van der Waals surface area contributed by atoms with Gasteiger partial charge in [0.15, 0.2) is 0 Å². The van der Waals surface area contributed by atoms with Crippen LogP contribution in [0.5, 0.6) is 0 Å². The molecule has 0 bridgehead atoms. The van der Waals surface area contributed by atoms with Crippen LogP contribution in [-0.4, -0.2) is 65.4 Å². The minimum absolute atomic E-state index is 0.175. The third-order valence-corrected chi connectivity index (χ3v) is 3.12. The summed E-state index contributed by atoms with van der Waals surface area (Å²) >= 11 is 0. The number of methoxy groups -OCH3 is 1. The van der Waals surface area contributed by atoms with Gasteiger partial charge in [-0.25, -0.2) is 0 Å². The zero-order valence-corrected chi connectivity index (χ0v) is 11.0. The van der Waals surface area contributed by atoms with Gasteiger partial charge in [0.2, 0.25) is 5.91 Å². The number of rotatable bonds is 5. The van der Waals surface area contributed by atoms with Crippen molar-refractivity contribution in [3.63, 3.8) is 0 Å². The molecule has 0 saturated carbocycles. The monoisotopic (exact) mass is 252 g/mol. The van der Waals surface area contributed by atoms with Gasteiger partial charge in [0, 0.05) is 46.5 Å². The van der Waals surface area contributed by atoms with Crippen LogP contribution in [0.25, 0.3) is 0 Å². The highest BCUT2D eigenvalue weighted by atomic mass is 16.5. The summed E-state index contributed by atoms with van der Waals surface area (Å²) in [4.78, 5) is 15.9. The molecule has 0 radical (unpaired) electrons. The van der Waals surface area contributed by atoms with Gasteiger partial charge < -0.3 is 9.64 Å². The molecule has 6 nitrogen and oxygen atoms in total. The number of aryl methyl sites for hydroxylation is 1. The highest BCUT2D eigenvalue weighted by molar-refractivity contribution is 5.79. The van der Waals surface area contributed by atoms with E-state index in [0.717, 1.165) is 25.3 Å². The average Bonchev–Trinajstić information content (AvgIpc) is 2.74. The van der Waals surface area contributed by atoms with Crippen LogP contribution in [0.4, 0.5) is 0 Å². The molecule has 1 amide bonds. The second-order valence-corrected chi connectivity index (χ2v) is 4.56. The minimum atomic E-state index is 0.175. The van der Waals surface area contributed by atoms with Gasteiger partial charge in [-0.05, 0) is 6.07 Å². The largest absolute Gasteiger partial charge is 0.383 e. The summed E-state index contributed by atoms with van der Waals surface area (Å²) < 4.78 is 6.78. The molecule has 1 aliphatic heterocycles. The zero-order valence-electron chi connectivity index (χ0n) is 11.0. The van der Waals surface area contributed by atoms with Gasteiger partial charge in [-0.2, -0.15) is 5.10 Å². The Morgan fingerprint density at radius 3 is 2.89 bits per heavy atom. The summed E-state index contributed by atoms with van der Waals surface area (Å²) in [5.41, 5.74) is 1.01. The van der Waals surface area contributed by atoms with Crippen molar-refractivity contribution in [2.75, 3.05) is 39.9 Å². The molecule has 0 aliphatic carbocycles. The number of hydrogen-bond acceptors (Lipinski definition) is 4. The quantitative estimate of drug-likeness (QED) is 0.722. The van der Waals surface area contributed by atoms with Crippen molar-refractivity contribution in [3.05, 3.63) is 18.0 Å². The van der Waals surface area contributed by atoms with Crippen molar-refractivity contribution in [2.24, 2.45) is 7.05 Å². The standard InChI is InChI=1S/C12H20N4O2/c1-14-4-3-11(13-14)9-15-5-6-16(7-8-18-2)12(17)10-15/h3-4H,5-10H2,1-2H3. The van der Waals surface area contributed by atoms with Crippen LogP contribution in [0.1, 0.15) is 5.69 Å². The van der Waals surface area contributed by atoms with Gasteiger partial charge in [0.1, 0.15) is 0 Å². The summed E-state index contributed by atoms with van der Waals surface area (Å²) in [7, 11) is 3.55. The summed E-state index contributed by atoms with van der Waals surface area (Å²) in [6.45, 7) is 4.17. The lowest BCUT2D eigenvalue weighted by Gasteiger charge is -2.33. The maximum atomic E-state index is 11.9. The third kappa shape index (κ3) is 3.30. The van der Waals surface area contributed by atoms with Crippen LogP contribution in [0.3, 0.4) is 0 Å². The summed E-state index contributed by atoms with van der Waals surface area (Å²) in [5, 5.41) is 4.33. The van der Waals surface area contributed by atoms with Crippen molar-refractivity contribution in [1.82, 2.24) is 19.6 Å². The molecule has 2 rings (SSSR count). The lowest BCUT2D eigenvalue weighted by atomic mass is 10.3. The van der Waals surface area contributed by atoms with Crippen molar-refractivity contribution >= 4 is 5.91 Å². The highest BCUT2D eigenvalue weighted by Crippen LogP contribution is 2.07. The Labute approximate surface area is 107 Å². The molecule has 1 fully saturated rings. The molecular formula is C12H20N4O2. The average molecular weight is 252 g/mol. The molecule has 18 heavy (non-hydrogen) atoms.